The van der Waals surface area contributed by atoms with E-state index in [0.29, 0.717) is 17.8 Å². The molecule has 4 nitrogen and oxygen atoms in total. The van der Waals surface area contributed by atoms with Gasteiger partial charge in [0.25, 0.3) is 0 Å². The van der Waals surface area contributed by atoms with Crippen LogP contribution in [0.15, 0.2) is 5.16 Å². The lowest BCUT2D eigenvalue weighted by atomic mass is 9.62. The van der Waals surface area contributed by atoms with Crippen LogP contribution in [0.4, 0.5) is 0 Å². The fraction of sp³-hybridized carbons (Fsp3) is 0.938. The lowest BCUT2D eigenvalue weighted by molar-refractivity contribution is -0.245. The Labute approximate surface area is 122 Å². The second kappa shape index (κ2) is 4.36. The van der Waals surface area contributed by atoms with Crippen LogP contribution < -0.4 is 0 Å². The standard InChI is InChI=1S/C16H27N3O/c1-4-5-11(2)15-17-20-16(18(15)3)13-6-12-7-14(16)10-19(8-12)9-13/h11-14H,4-10H2,1-3H3. The first-order valence-corrected chi connectivity index (χ1v) is 8.37. The summed E-state index contributed by atoms with van der Waals surface area (Å²) in [5.74, 6) is 3.91. The van der Waals surface area contributed by atoms with Gasteiger partial charge in [0.15, 0.2) is 0 Å². The van der Waals surface area contributed by atoms with Gasteiger partial charge in [-0.15, -0.1) is 0 Å². The van der Waals surface area contributed by atoms with Crippen LogP contribution in [0.25, 0.3) is 0 Å². The maximum absolute atomic E-state index is 6.20. The van der Waals surface area contributed by atoms with Crippen molar-refractivity contribution in [2.24, 2.45) is 28.8 Å². The quantitative estimate of drug-likeness (QED) is 0.793. The number of amidine groups is 1. The summed E-state index contributed by atoms with van der Waals surface area (Å²) in [6.45, 7) is 8.29. The van der Waals surface area contributed by atoms with Gasteiger partial charge in [0, 0.05) is 44.4 Å². The molecule has 112 valence electrons. The third kappa shape index (κ3) is 1.54. The minimum Gasteiger partial charge on any atom is -0.365 e. The van der Waals surface area contributed by atoms with E-state index in [0.717, 1.165) is 5.92 Å². The molecule has 3 atom stereocenters. The van der Waals surface area contributed by atoms with Gasteiger partial charge in [-0.05, 0) is 25.2 Å². The molecule has 0 radical (unpaired) electrons. The van der Waals surface area contributed by atoms with E-state index in [1.165, 1.54) is 51.2 Å². The zero-order chi connectivity index (χ0) is 13.9. The lowest BCUT2D eigenvalue weighted by Crippen LogP contribution is -2.71. The molecule has 1 saturated carbocycles. The molecule has 3 unspecified atom stereocenters. The van der Waals surface area contributed by atoms with E-state index in [4.69, 9.17) is 4.84 Å². The average molecular weight is 277 g/mol. The monoisotopic (exact) mass is 277 g/mol. The number of piperidine rings is 3. The highest BCUT2D eigenvalue weighted by Gasteiger charge is 2.64. The number of rotatable bonds is 3. The molecule has 4 fully saturated rings. The first-order chi connectivity index (χ1) is 9.65. The summed E-state index contributed by atoms with van der Waals surface area (Å²) >= 11 is 0. The van der Waals surface area contributed by atoms with Crippen molar-refractivity contribution >= 4 is 5.84 Å². The predicted molar refractivity (Wildman–Crippen MR) is 79.2 cm³/mol. The summed E-state index contributed by atoms with van der Waals surface area (Å²) < 4.78 is 0. The summed E-state index contributed by atoms with van der Waals surface area (Å²) in [7, 11) is 2.23. The summed E-state index contributed by atoms with van der Waals surface area (Å²) in [5, 5.41) is 4.56. The van der Waals surface area contributed by atoms with Gasteiger partial charge >= 0.3 is 0 Å². The number of nitrogens with zero attached hydrogens (tertiary/aromatic N) is 3. The summed E-state index contributed by atoms with van der Waals surface area (Å²) in [5.41, 5.74) is -0.106. The Morgan fingerprint density at radius 3 is 2.60 bits per heavy atom. The molecule has 20 heavy (non-hydrogen) atoms. The molecule has 0 N–H and O–H groups in total. The zero-order valence-electron chi connectivity index (χ0n) is 13.0. The van der Waals surface area contributed by atoms with Gasteiger partial charge in [-0.3, -0.25) is 0 Å². The molecule has 5 aliphatic rings. The van der Waals surface area contributed by atoms with E-state index in [1.54, 1.807) is 0 Å². The molecule has 0 aromatic carbocycles. The maximum Gasteiger partial charge on any atom is 0.219 e. The summed E-state index contributed by atoms with van der Waals surface area (Å²) in [6, 6.07) is 0. The van der Waals surface area contributed by atoms with Crippen LogP contribution in [0, 0.1) is 23.7 Å². The molecule has 0 aromatic heterocycles. The Hall–Kier alpha value is -0.770. The Morgan fingerprint density at radius 2 is 2.00 bits per heavy atom. The van der Waals surface area contributed by atoms with Crippen LogP contribution in [-0.2, 0) is 4.84 Å². The number of hydrogen-bond acceptors (Lipinski definition) is 4. The van der Waals surface area contributed by atoms with E-state index in [1.807, 2.05) is 0 Å². The molecule has 4 heterocycles. The van der Waals surface area contributed by atoms with Gasteiger partial charge in [-0.2, -0.15) is 0 Å². The number of oxime groups is 1. The first-order valence-electron chi connectivity index (χ1n) is 8.37. The molecule has 4 aliphatic heterocycles. The fourth-order valence-electron chi connectivity index (χ4n) is 5.44. The molecular weight excluding hydrogens is 250 g/mol. The molecule has 1 spiro atoms. The Morgan fingerprint density at radius 1 is 1.30 bits per heavy atom. The van der Waals surface area contributed by atoms with Crippen molar-refractivity contribution in [3.8, 4) is 0 Å². The summed E-state index contributed by atoms with van der Waals surface area (Å²) in [4.78, 5) is 11.3. The normalized spacial score (nSPS) is 46.8. The Kier molecular flexibility index (Phi) is 2.82. The van der Waals surface area contributed by atoms with Crippen molar-refractivity contribution in [3.63, 3.8) is 0 Å². The highest BCUT2D eigenvalue weighted by Crippen LogP contribution is 2.54. The van der Waals surface area contributed by atoms with Gasteiger partial charge < -0.3 is 14.6 Å². The SMILES string of the molecule is CCCC(C)C1=NOC2(C3CC4CC2CN(C4)C3)N1C. The minimum atomic E-state index is -0.106. The van der Waals surface area contributed by atoms with Crippen LogP contribution in [-0.4, -0.2) is 48.0 Å². The smallest absolute Gasteiger partial charge is 0.219 e. The largest absolute Gasteiger partial charge is 0.365 e. The van der Waals surface area contributed by atoms with E-state index < -0.39 is 0 Å². The van der Waals surface area contributed by atoms with E-state index in [2.05, 4.69) is 35.9 Å². The Balaban J connectivity index is 1.60. The molecule has 0 amide bonds. The molecule has 1 aliphatic carbocycles. The first kappa shape index (κ1) is 12.9. The van der Waals surface area contributed by atoms with Crippen LogP contribution in [0.3, 0.4) is 0 Å². The van der Waals surface area contributed by atoms with Crippen molar-refractivity contribution in [2.75, 3.05) is 26.7 Å². The molecule has 3 saturated heterocycles. The van der Waals surface area contributed by atoms with Crippen molar-refractivity contribution in [1.29, 1.82) is 0 Å². The molecule has 4 heteroatoms. The van der Waals surface area contributed by atoms with Crippen molar-refractivity contribution in [1.82, 2.24) is 9.80 Å². The second-order valence-electron chi connectivity index (χ2n) is 7.49. The minimum absolute atomic E-state index is 0.106. The Bertz CT molecular complexity index is 405. The zero-order valence-corrected chi connectivity index (χ0v) is 13.0. The van der Waals surface area contributed by atoms with E-state index >= 15 is 0 Å². The van der Waals surface area contributed by atoms with Gasteiger partial charge in [0.1, 0.15) is 5.84 Å². The fourth-order valence-corrected chi connectivity index (χ4v) is 5.44. The lowest BCUT2D eigenvalue weighted by Gasteiger charge is -2.61. The third-order valence-electron chi connectivity index (χ3n) is 6.19. The molecule has 4 bridgehead atoms. The number of hydrogen-bond donors (Lipinski definition) is 0. The van der Waals surface area contributed by atoms with Crippen LogP contribution >= 0.6 is 0 Å². The highest BCUT2D eigenvalue weighted by molar-refractivity contribution is 5.85. The topological polar surface area (TPSA) is 28.1 Å². The maximum atomic E-state index is 6.20. The van der Waals surface area contributed by atoms with Gasteiger partial charge in [-0.1, -0.05) is 25.4 Å². The predicted octanol–water partition coefficient (Wildman–Crippen LogP) is 2.37. The van der Waals surface area contributed by atoms with E-state index in [9.17, 15) is 0 Å². The van der Waals surface area contributed by atoms with E-state index in [-0.39, 0.29) is 5.72 Å². The second-order valence-corrected chi connectivity index (χ2v) is 7.49. The van der Waals surface area contributed by atoms with Crippen LogP contribution in [0.2, 0.25) is 0 Å². The summed E-state index contributed by atoms with van der Waals surface area (Å²) in [6.07, 6.45) is 5.08. The molecule has 5 rings (SSSR count). The van der Waals surface area contributed by atoms with Crippen molar-refractivity contribution in [2.45, 2.75) is 45.3 Å². The third-order valence-corrected chi connectivity index (χ3v) is 6.19. The average Bonchev–Trinajstić information content (AvgIpc) is 2.74. The highest BCUT2D eigenvalue weighted by atomic mass is 16.7. The van der Waals surface area contributed by atoms with Crippen molar-refractivity contribution in [3.05, 3.63) is 0 Å². The van der Waals surface area contributed by atoms with Gasteiger partial charge in [0.05, 0.1) is 0 Å². The van der Waals surface area contributed by atoms with Crippen LogP contribution in [0.5, 0.6) is 0 Å². The van der Waals surface area contributed by atoms with Crippen molar-refractivity contribution < 1.29 is 4.84 Å². The van der Waals surface area contributed by atoms with Gasteiger partial charge in [0.2, 0.25) is 5.72 Å². The van der Waals surface area contributed by atoms with Gasteiger partial charge in [-0.25, -0.2) is 0 Å². The molecular formula is C16H27N3O. The molecule has 0 aromatic rings. The van der Waals surface area contributed by atoms with Crippen LogP contribution in [0.1, 0.15) is 39.5 Å².